The number of benzene rings is 2. The molecule has 0 spiro atoms. The summed E-state index contributed by atoms with van der Waals surface area (Å²) in [6.07, 6.45) is 0. The van der Waals surface area contributed by atoms with Gasteiger partial charge in [-0.15, -0.1) is 0 Å². The van der Waals surface area contributed by atoms with Crippen LogP contribution in [0.3, 0.4) is 0 Å². The lowest BCUT2D eigenvalue weighted by atomic mass is 10.2. The first-order valence-electron chi connectivity index (χ1n) is 5.61. The van der Waals surface area contributed by atoms with Crippen LogP contribution in [0.25, 0.3) is 0 Å². The monoisotopic (exact) mass is 299 g/mol. The van der Waals surface area contributed by atoms with Crippen LogP contribution in [-0.4, -0.2) is 7.11 Å². The third-order valence-corrected chi connectivity index (χ3v) is 3.04. The maximum atomic E-state index is 13.7. The topological polar surface area (TPSA) is 21.3 Å². The van der Waals surface area contributed by atoms with Crippen LogP contribution in [0.5, 0.6) is 5.75 Å². The van der Waals surface area contributed by atoms with Crippen molar-refractivity contribution >= 4 is 28.9 Å². The van der Waals surface area contributed by atoms with Crippen LogP contribution in [0.1, 0.15) is 5.56 Å². The van der Waals surface area contributed by atoms with Gasteiger partial charge >= 0.3 is 0 Å². The van der Waals surface area contributed by atoms with Gasteiger partial charge in [-0.3, -0.25) is 0 Å². The van der Waals surface area contributed by atoms with E-state index in [4.69, 9.17) is 27.9 Å². The molecule has 0 heterocycles. The van der Waals surface area contributed by atoms with E-state index < -0.39 is 0 Å². The molecule has 0 aliphatic carbocycles. The van der Waals surface area contributed by atoms with E-state index >= 15 is 0 Å². The van der Waals surface area contributed by atoms with Crippen LogP contribution in [-0.2, 0) is 6.54 Å². The Bertz CT molecular complexity index is 569. The fourth-order valence-electron chi connectivity index (χ4n) is 1.65. The smallest absolute Gasteiger partial charge is 0.131 e. The van der Waals surface area contributed by atoms with E-state index in [1.807, 2.05) is 0 Å². The van der Waals surface area contributed by atoms with E-state index in [9.17, 15) is 4.39 Å². The van der Waals surface area contributed by atoms with Crippen LogP contribution >= 0.6 is 23.2 Å². The first kappa shape index (κ1) is 14.0. The molecule has 100 valence electrons. The Hall–Kier alpha value is -1.45. The van der Waals surface area contributed by atoms with Gasteiger partial charge in [-0.25, -0.2) is 4.39 Å². The molecular weight excluding hydrogens is 288 g/mol. The van der Waals surface area contributed by atoms with Crippen LogP contribution in [0.2, 0.25) is 10.0 Å². The molecule has 2 aromatic carbocycles. The molecule has 2 rings (SSSR count). The zero-order chi connectivity index (χ0) is 13.8. The Morgan fingerprint density at radius 2 is 1.79 bits per heavy atom. The molecule has 1 N–H and O–H groups in total. The van der Waals surface area contributed by atoms with Gasteiger partial charge in [0, 0.05) is 33.9 Å². The minimum absolute atomic E-state index is 0.319. The second-order valence-corrected chi connectivity index (χ2v) is 4.84. The van der Waals surface area contributed by atoms with Crippen LogP contribution in [0.15, 0.2) is 36.4 Å². The number of hydrogen-bond donors (Lipinski definition) is 1. The van der Waals surface area contributed by atoms with Crippen molar-refractivity contribution in [2.75, 3.05) is 12.4 Å². The number of nitrogens with one attached hydrogen (secondary N) is 1. The molecule has 0 bridgehead atoms. The highest BCUT2D eigenvalue weighted by Gasteiger charge is 2.04. The average Bonchev–Trinajstić information content (AvgIpc) is 2.36. The van der Waals surface area contributed by atoms with Gasteiger partial charge < -0.3 is 10.1 Å². The molecule has 0 amide bonds. The summed E-state index contributed by atoms with van der Waals surface area (Å²) < 4.78 is 18.7. The molecule has 0 aliphatic heterocycles. The minimum Gasteiger partial charge on any atom is -0.497 e. The third-order valence-electron chi connectivity index (χ3n) is 2.61. The Morgan fingerprint density at radius 3 is 2.37 bits per heavy atom. The fourth-order valence-corrected chi connectivity index (χ4v) is 2.18. The number of halogens is 3. The molecule has 0 saturated carbocycles. The van der Waals surface area contributed by atoms with Gasteiger partial charge in [0.2, 0.25) is 0 Å². The maximum Gasteiger partial charge on any atom is 0.131 e. The summed E-state index contributed by atoms with van der Waals surface area (Å²) in [5.41, 5.74) is 1.28. The van der Waals surface area contributed by atoms with Gasteiger partial charge in [-0.1, -0.05) is 29.3 Å². The number of hydrogen-bond acceptors (Lipinski definition) is 2. The Balaban J connectivity index is 2.10. The first-order valence-corrected chi connectivity index (χ1v) is 6.36. The molecule has 0 saturated heterocycles. The molecule has 0 aliphatic rings. The van der Waals surface area contributed by atoms with E-state index in [1.54, 1.807) is 30.3 Å². The highest BCUT2D eigenvalue weighted by molar-refractivity contribution is 6.35. The normalized spacial score (nSPS) is 10.3. The molecule has 2 aromatic rings. The second kappa shape index (κ2) is 6.13. The fraction of sp³-hybridized carbons (Fsp3) is 0.143. The molecule has 0 atom stereocenters. The molecule has 5 heteroatoms. The van der Waals surface area contributed by atoms with Crippen molar-refractivity contribution in [1.29, 1.82) is 0 Å². The van der Waals surface area contributed by atoms with Crippen molar-refractivity contribution in [3.63, 3.8) is 0 Å². The number of anilines is 1. The molecule has 0 radical (unpaired) electrons. The van der Waals surface area contributed by atoms with Crippen LogP contribution in [0, 0.1) is 5.82 Å². The van der Waals surface area contributed by atoms with Crippen LogP contribution in [0.4, 0.5) is 10.1 Å². The molecule has 2 nitrogen and oxygen atoms in total. The van der Waals surface area contributed by atoms with Crippen LogP contribution < -0.4 is 10.1 Å². The van der Waals surface area contributed by atoms with E-state index in [0.29, 0.717) is 27.9 Å². The van der Waals surface area contributed by atoms with Crippen molar-refractivity contribution in [2.45, 2.75) is 6.54 Å². The van der Waals surface area contributed by atoms with Gasteiger partial charge in [0.15, 0.2) is 0 Å². The maximum absolute atomic E-state index is 13.7. The quantitative estimate of drug-likeness (QED) is 0.879. The van der Waals surface area contributed by atoms with E-state index in [2.05, 4.69) is 5.32 Å². The average molecular weight is 300 g/mol. The zero-order valence-corrected chi connectivity index (χ0v) is 11.7. The lowest BCUT2D eigenvalue weighted by molar-refractivity contribution is 0.411. The van der Waals surface area contributed by atoms with E-state index in [-0.39, 0.29) is 5.82 Å². The van der Waals surface area contributed by atoms with Gasteiger partial charge in [0.05, 0.1) is 7.11 Å². The predicted octanol–water partition coefficient (Wildman–Crippen LogP) is 4.75. The SMILES string of the molecule is COc1ccc(CNc2cc(Cl)cc(Cl)c2)c(F)c1. The summed E-state index contributed by atoms with van der Waals surface area (Å²) in [4.78, 5) is 0. The standard InChI is InChI=1S/C14H12Cl2FNO/c1-19-13-3-2-9(14(17)7-13)8-18-12-5-10(15)4-11(16)6-12/h2-7,18H,8H2,1H3. The summed E-state index contributed by atoms with van der Waals surface area (Å²) in [5.74, 6) is 0.173. The van der Waals surface area contributed by atoms with Gasteiger partial charge in [-0.05, 0) is 24.3 Å². The van der Waals surface area contributed by atoms with Crippen molar-refractivity contribution in [3.8, 4) is 5.75 Å². The molecule has 0 aromatic heterocycles. The predicted molar refractivity (Wildman–Crippen MR) is 76.7 cm³/mol. The lowest BCUT2D eigenvalue weighted by Gasteiger charge is -2.09. The molecule has 0 fully saturated rings. The number of methoxy groups -OCH3 is 1. The number of ether oxygens (including phenoxy) is 1. The van der Waals surface area contributed by atoms with Gasteiger partial charge in [0.1, 0.15) is 11.6 Å². The van der Waals surface area contributed by atoms with E-state index in [0.717, 1.165) is 5.69 Å². The van der Waals surface area contributed by atoms with E-state index in [1.165, 1.54) is 13.2 Å². The van der Waals surface area contributed by atoms with Crippen molar-refractivity contribution in [3.05, 3.63) is 57.8 Å². The largest absolute Gasteiger partial charge is 0.497 e. The first-order chi connectivity index (χ1) is 9.08. The lowest BCUT2D eigenvalue weighted by Crippen LogP contribution is -2.02. The second-order valence-electron chi connectivity index (χ2n) is 3.97. The third kappa shape index (κ3) is 3.75. The summed E-state index contributed by atoms with van der Waals surface area (Å²) >= 11 is 11.8. The van der Waals surface area contributed by atoms with Gasteiger partial charge in [0.25, 0.3) is 0 Å². The molecule has 0 unspecified atom stereocenters. The molecular formula is C14H12Cl2FNO. The minimum atomic E-state index is -0.319. The highest BCUT2D eigenvalue weighted by atomic mass is 35.5. The zero-order valence-electron chi connectivity index (χ0n) is 10.2. The summed E-state index contributed by atoms with van der Waals surface area (Å²) in [7, 11) is 1.50. The number of rotatable bonds is 4. The van der Waals surface area contributed by atoms with Gasteiger partial charge in [-0.2, -0.15) is 0 Å². The Labute approximate surface area is 121 Å². The Kier molecular flexibility index (Phi) is 4.51. The van der Waals surface area contributed by atoms with Crippen molar-refractivity contribution < 1.29 is 9.13 Å². The summed E-state index contributed by atoms with van der Waals surface area (Å²) in [5, 5.41) is 4.14. The molecule has 19 heavy (non-hydrogen) atoms. The summed E-state index contributed by atoms with van der Waals surface area (Å²) in [6.45, 7) is 0.340. The highest BCUT2D eigenvalue weighted by Crippen LogP contribution is 2.23. The van der Waals surface area contributed by atoms with Crippen molar-refractivity contribution in [1.82, 2.24) is 0 Å². The van der Waals surface area contributed by atoms with Crippen molar-refractivity contribution in [2.24, 2.45) is 0 Å². The summed E-state index contributed by atoms with van der Waals surface area (Å²) in [6, 6.07) is 9.84. The Morgan fingerprint density at radius 1 is 1.11 bits per heavy atom.